The summed E-state index contributed by atoms with van der Waals surface area (Å²) in [6.07, 6.45) is 1.31. The molecule has 4 nitrogen and oxygen atoms in total. The quantitative estimate of drug-likeness (QED) is 0.905. The van der Waals surface area contributed by atoms with Crippen LogP contribution in [0.5, 0.6) is 0 Å². The van der Waals surface area contributed by atoms with E-state index < -0.39 is 0 Å². The molecule has 2 amide bonds. The fourth-order valence-corrected chi connectivity index (χ4v) is 2.46. The lowest BCUT2D eigenvalue weighted by Gasteiger charge is -2.17. The van der Waals surface area contributed by atoms with E-state index in [4.69, 9.17) is 0 Å². The Kier molecular flexibility index (Phi) is 4.99. The third-order valence-corrected chi connectivity index (χ3v) is 3.88. The lowest BCUT2D eigenvalue weighted by molar-refractivity contribution is -0.128. The predicted molar refractivity (Wildman–Crippen MR) is 84.0 cm³/mol. The van der Waals surface area contributed by atoms with Gasteiger partial charge in [-0.3, -0.25) is 9.59 Å². The molecule has 21 heavy (non-hydrogen) atoms. The van der Waals surface area contributed by atoms with Gasteiger partial charge in [0.25, 0.3) is 0 Å². The van der Waals surface area contributed by atoms with E-state index in [1.54, 1.807) is 0 Å². The van der Waals surface area contributed by atoms with Crippen molar-refractivity contribution in [2.24, 2.45) is 11.8 Å². The van der Waals surface area contributed by atoms with Gasteiger partial charge < -0.3 is 10.2 Å². The molecule has 0 spiro atoms. The fourth-order valence-electron chi connectivity index (χ4n) is 2.46. The van der Waals surface area contributed by atoms with Gasteiger partial charge in [0.2, 0.25) is 11.8 Å². The molecule has 1 aliphatic heterocycles. The highest BCUT2D eigenvalue weighted by Gasteiger charge is 2.33. The smallest absolute Gasteiger partial charge is 0.229 e. The van der Waals surface area contributed by atoms with Crippen LogP contribution in [0.25, 0.3) is 0 Å². The first-order valence-corrected chi connectivity index (χ1v) is 7.61. The second-order valence-electron chi connectivity index (χ2n) is 6.28. The van der Waals surface area contributed by atoms with Crippen LogP contribution in [0.4, 0.5) is 5.69 Å². The molecule has 0 aromatic heterocycles. The summed E-state index contributed by atoms with van der Waals surface area (Å²) in [5, 5.41) is 2.90. The molecule has 114 valence electrons. The van der Waals surface area contributed by atoms with Crippen LogP contribution in [0, 0.1) is 18.8 Å². The minimum Gasteiger partial charge on any atom is -0.342 e. The van der Waals surface area contributed by atoms with E-state index in [2.05, 4.69) is 19.2 Å². The largest absolute Gasteiger partial charge is 0.342 e. The fraction of sp³-hybridized carbons (Fsp3) is 0.529. The van der Waals surface area contributed by atoms with Crippen molar-refractivity contribution in [1.29, 1.82) is 0 Å². The van der Waals surface area contributed by atoms with E-state index in [9.17, 15) is 9.59 Å². The van der Waals surface area contributed by atoms with Gasteiger partial charge in [0.15, 0.2) is 0 Å². The van der Waals surface area contributed by atoms with Crippen LogP contribution in [0.2, 0.25) is 0 Å². The van der Waals surface area contributed by atoms with Gasteiger partial charge >= 0.3 is 0 Å². The monoisotopic (exact) mass is 288 g/mol. The average Bonchev–Trinajstić information content (AvgIpc) is 2.80. The average molecular weight is 288 g/mol. The lowest BCUT2D eigenvalue weighted by atomic mass is 10.1. The number of hydrogen-bond donors (Lipinski definition) is 1. The Morgan fingerprint density at radius 1 is 1.33 bits per heavy atom. The first kappa shape index (κ1) is 15.5. The number of benzene rings is 1. The third kappa shape index (κ3) is 4.31. The van der Waals surface area contributed by atoms with Crippen LogP contribution < -0.4 is 5.32 Å². The number of anilines is 1. The molecule has 1 saturated heterocycles. The van der Waals surface area contributed by atoms with Crippen molar-refractivity contribution in [2.45, 2.75) is 33.6 Å². The standard InChI is InChI=1S/C17H24N2O2/c1-12(2)8-9-19-11-14(10-16(19)20)17(21)18-15-6-4-13(3)5-7-15/h4-7,12,14H,8-11H2,1-3H3,(H,18,21)/t14-/m0/s1. The molecule has 0 unspecified atom stereocenters. The van der Waals surface area contributed by atoms with Crippen molar-refractivity contribution >= 4 is 17.5 Å². The molecule has 1 aliphatic rings. The number of aryl methyl sites for hydroxylation is 1. The van der Waals surface area contributed by atoms with Gasteiger partial charge in [0.1, 0.15) is 0 Å². The van der Waals surface area contributed by atoms with E-state index in [0.717, 1.165) is 24.2 Å². The van der Waals surface area contributed by atoms with Crippen molar-refractivity contribution in [1.82, 2.24) is 4.90 Å². The summed E-state index contributed by atoms with van der Waals surface area (Å²) in [6, 6.07) is 7.70. The second kappa shape index (κ2) is 6.74. The number of carbonyl (C=O) groups excluding carboxylic acids is 2. The maximum Gasteiger partial charge on any atom is 0.229 e. The van der Waals surface area contributed by atoms with Gasteiger partial charge in [0.05, 0.1) is 5.92 Å². The number of amides is 2. The highest BCUT2D eigenvalue weighted by atomic mass is 16.2. The number of nitrogens with one attached hydrogen (secondary N) is 1. The molecular formula is C17H24N2O2. The summed E-state index contributed by atoms with van der Waals surface area (Å²) in [5.74, 6) is 0.378. The molecule has 1 N–H and O–H groups in total. The Labute approximate surface area is 126 Å². The van der Waals surface area contributed by atoms with E-state index in [0.29, 0.717) is 18.9 Å². The van der Waals surface area contributed by atoms with Gasteiger partial charge in [-0.25, -0.2) is 0 Å². The predicted octanol–water partition coefficient (Wildman–Crippen LogP) is 2.83. The third-order valence-electron chi connectivity index (χ3n) is 3.88. The maximum absolute atomic E-state index is 12.2. The van der Waals surface area contributed by atoms with Gasteiger partial charge in [-0.2, -0.15) is 0 Å². The Hall–Kier alpha value is -1.84. The molecule has 0 saturated carbocycles. The number of nitrogens with zero attached hydrogens (tertiary/aromatic N) is 1. The first-order chi connectivity index (χ1) is 9.95. The minimum atomic E-state index is -0.231. The van der Waals surface area contributed by atoms with Crippen molar-refractivity contribution < 1.29 is 9.59 Å². The molecule has 1 atom stereocenters. The van der Waals surface area contributed by atoms with Crippen molar-refractivity contribution in [2.75, 3.05) is 18.4 Å². The summed E-state index contributed by atoms with van der Waals surface area (Å²) < 4.78 is 0. The summed E-state index contributed by atoms with van der Waals surface area (Å²) in [6.45, 7) is 7.59. The van der Waals surface area contributed by atoms with Crippen molar-refractivity contribution in [3.05, 3.63) is 29.8 Å². The summed E-state index contributed by atoms with van der Waals surface area (Å²) in [5.41, 5.74) is 1.95. The molecule has 1 aromatic carbocycles. The van der Waals surface area contributed by atoms with Crippen LogP contribution >= 0.6 is 0 Å². The van der Waals surface area contributed by atoms with Gasteiger partial charge in [-0.15, -0.1) is 0 Å². The second-order valence-corrected chi connectivity index (χ2v) is 6.28. The molecule has 1 fully saturated rings. The first-order valence-electron chi connectivity index (χ1n) is 7.61. The molecule has 1 heterocycles. The summed E-state index contributed by atoms with van der Waals surface area (Å²) >= 11 is 0. The van der Waals surface area contributed by atoms with Crippen LogP contribution in [0.1, 0.15) is 32.3 Å². The lowest BCUT2D eigenvalue weighted by Crippen LogP contribution is -2.29. The Morgan fingerprint density at radius 2 is 2.00 bits per heavy atom. The normalized spacial score (nSPS) is 18.4. The highest BCUT2D eigenvalue weighted by molar-refractivity contribution is 5.97. The minimum absolute atomic E-state index is 0.0562. The number of likely N-dealkylation sites (tertiary alicyclic amines) is 1. The van der Waals surface area contributed by atoms with E-state index >= 15 is 0 Å². The van der Waals surface area contributed by atoms with Gasteiger partial charge in [-0.05, 0) is 31.4 Å². The topological polar surface area (TPSA) is 49.4 Å². The van der Waals surface area contributed by atoms with Crippen LogP contribution in [-0.4, -0.2) is 29.8 Å². The molecule has 1 aromatic rings. The Balaban J connectivity index is 1.89. The van der Waals surface area contributed by atoms with E-state index in [1.165, 1.54) is 0 Å². The van der Waals surface area contributed by atoms with Gasteiger partial charge in [0, 0.05) is 25.2 Å². The van der Waals surface area contributed by atoms with Crippen molar-refractivity contribution in [3.63, 3.8) is 0 Å². The molecule has 4 heteroatoms. The van der Waals surface area contributed by atoms with Crippen molar-refractivity contribution in [3.8, 4) is 0 Å². The zero-order chi connectivity index (χ0) is 15.4. The molecular weight excluding hydrogens is 264 g/mol. The van der Waals surface area contributed by atoms with E-state index in [-0.39, 0.29) is 17.7 Å². The Morgan fingerprint density at radius 3 is 2.62 bits per heavy atom. The van der Waals surface area contributed by atoms with Gasteiger partial charge in [-0.1, -0.05) is 31.5 Å². The zero-order valence-corrected chi connectivity index (χ0v) is 13.1. The maximum atomic E-state index is 12.2. The molecule has 0 bridgehead atoms. The van der Waals surface area contributed by atoms with Crippen LogP contribution in [0.15, 0.2) is 24.3 Å². The highest BCUT2D eigenvalue weighted by Crippen LogP contribution is 2.21. The number of hydrogen-bond acceptors (Lipinski definition) is 2. The summed E-state index contributed by atoms with van der Waals surface area (Å²) in [7, 11) is 0. The van der Waals surface area contributed by atoms with Crippen LogP contribution in [0.3, 0.4) is 0 Å². The molecule has 0 radical (unpaired) electrons. The molecule has 0 aliphatic carbocycles. The molecule has 2 rings (SSSR count). The zero-order valence-electron chi connectivity index (χ0n) is 13.1. The summed E-state index contributed by atoms with van der Waals surface area (Å²) in [4.78, 5) is 26.0. The Bertz CT molecular complexity index is 508. The van der Waals surface area contributed by atoms with E-state index in [1.807, 2.05) is 36.1 Å². The van der Waals surface area contributed by atoms with Crippen LogP contribution in [-0.2, 0) is 9.59 Å². The number of carbonyl (C=O) groups is 2. The number of rotatable bonds is 5. The SMILES string of the molecule is Cc1ccc(NC(=O)[C@H]2CC(=O)N(CCC(C)C)C2)cc1.